The summed E-state index contributed by atoms with van der Waals surface area (Å²) in [5.41, 5.74) is 2.16. The SMILES string of the molecule is CCC(NC(=O)C(C)Oc1ccccc1C(C)C)c1ccc(OC)cc1. The van der Waals surface area contributed by atoms with Crippen LogP contribution in [0.4, 0.5) is 0 Å². The van der Waals surface area contributed by atoms with Gasteiger partial charge in [0.25, 0.3) is 5.91 Å². The summed E-state index contributed by atoms with van der Waals surface area (Å²) in [6, 6.07) is 15.6. The fraction of sp³-hybridized carbons (Fsp3) is 0.409. The minimum absolute atomic E-state index is 0.0557. The normalized spacial score (nSPS) is 13.2. The Balaban J connectivity index is 2.05. The molecule has 0 aliphatic carbocycles. The van der Waals surface area contributed by atoms with Gasteiger partial charge in [0.1, 0.15) is 11.5 Å². The predicted octanol–water partition coefficient (Wildman–Crippen LogP) is 4.85. The van der Waals surface area contributed by atoms with Crippen LogP contribution in [0.15, 0.2) is 48.5 Å². The summed E-state index contributed by atoms with van der Waals surface area (Å²) in [4.78, 5) is 12.6. The summed E-state index contributed by atoms with van der Waals surface area (Å²) in [5.74, 6) is 1.79. The molecular weight excluding hydrogens is 326 g/mol. The van der Waals surface area contributed by atoms with E-state index in [0.29, 0.717) is 5.92 Å². The van der Waals surface area contributed by atoms with Crippen molar-refractivity contribution in [3.8, 4) is 11.5 Å². The lowest BCUT2D eigenvalue weighted by Crippen LogP contribution is -2.38. The Hall–Kier alpha value is -2.49. The molecular formula is C22H29NO3. The first-order chi connectivity index (χ1) is 12.5. The van der Waals surface area contributed by atoms with Crippen molar-refractivity contribution in [3.05, 3.63) is 59.7 Å². The van der Waals surface area contributed by atoms with E-state index in [0.717, 1.165) is 29.0 Å². The second-order valence-corrected chi connectivity index (χ2v) is 6.70. The Morgan fingerprint density at radius 1 is 1.04 bits per heavy atom. The van der Waals surface area contributed by atoms with Crippen molar-refractivity contribution in [2.24, 2.45) is 0 Å². The molecule has 0 aromatic heterocycles. The number of amides is 1. The molecule has 140 valence electrons. The Kier molecular flexibility index (Phi) is 7.07. The first-order valence-electron chi connectivity index (χ1n) is 9.16. The number of benzene rings is 2. The molecule has 0 saturated carbocycles. The lowest BCUT2D eigenvalue weighted by molar-refractivity contribution is -0.128. The molecule has 4 nitrogen and oxygen atoms in total. The Morgan fingerprint density at radius 3 is 2.27 bits per heavy atom. The molecule has 0 spiro atoms. The van der Waals surface area contributed by atoms with Crippen LogP contribution in [0.1, 0.15) is 57.2 Å². The van der Waals surface area contributed by atoms with Crippen LogP contribution in [0.2, 0.25) is 0 Å². The average molecular weight is 355 g/mol. The molecule has 2 aromatic rings. The number of hydrogen-bond donors (Lipinski definition) is 1. The Bertz CT molecular complexity index is 710. The van der Waals surface area contributed by atoms with Crippen molar-refractivity contribution in [2.75, 3.05) is 7.11 Å². The van der Waals surface area contributed by atoms with Crippen LogP contribution in [0.5, 0.6) is 11.5 Å². The number of methoxy groups -OCH3 is 1. The van der Waals surface area contributed by atoms with Gasteiger partial charge in [-0.25, -0.2) is 0 Å². The molecule has 0 bridgehead atoms. The third-order valence-electron chi connectivity index (χ3n) is 4.46. The van der Waals surface area contributed by atoms with E-state index in [1.807, 2.05) is 48.5 Å². The van der Waals surface area contributed by atoms with Gasteiger partial charge in [-0.1, -0.05) is 51.1 Å². The monoisotopic (exact) mass is 355 g/mol. The number of rotatable bonds is 8. The van der Waals surface area contributed by atoms with Gasteiger partial charge in [0.2, 0.25) is 0 Å². The Morgan fingerprint density at radius 2 is 1.69 bits per heavy atom. The van der Waals surface area contributed by atoms with Gasteiger partial charge in [0, 0.05) is 0 Å². The largest absolute Gasteiger partial charge is 0.497 e. The maximum Gasteiger partial charge on any atom is 0.261 e. The van der Waals surface area contributed by atoms with Crippen LogP contribution in [0.3, 0.4) is 0 Å². The van der Waals surface area contributed by atoms with Gasteiger partial charge in [0.05, 0.1) is 13.2 Å². The Labute approximate surface area is 156 Å². The maximum absolute atomic E-state index is 12.6. The van der Waals surface area contributed by atoms with Crippen LogP contribution < -0.4 is 14.8 Å². The van der Waals surface area contributed by atoms with Crippen molar-refractivity contribution >= 4 is 5.91 Å². The zero-order chi connectivity index (χ0) is 19.1. The molecule has 0 saturated heterocycles. The smallest absolute Gasteiger partial charge is 0.261 e. The number of carbonyl (C=O) groups is 1. The van der Waals surface area contributed by atoms with Gasteiger partial charge < -0.3 is 14.8 Å². The van der Waals surface area contributed by atoms with Gasteiger partial charge in [-0.3, -0.25) is 4.79 Å². The summed E-state index contributed by atoms with van der Waals surface area (Å²) in [7, 11) is 1.64. The predicted molar refractivity (Wildman–Crippen MR) is 105 cm³/mol. The van der Waals surface area contributed by atoms with Gasteiger partial charge >= 0.3 is 0 Å². The molecule has 2 atom stereocenters. The van der Waals surface area contributed by atoms with Gasteiger partial charge in [-0.05, 0) is 48.6 Å². The highest BCUT2D eigenvalue weighted by molar-refractivity contribution is 5.81. The molecule has 0 fully saturated rings. The molecule has 2 aromatic carbocycles. The molecule has 1 amide bonds. The third-order valence-corrected chi connectivity index (χ3v) is 4.46. The molecule has 4 heteroatoms. The van der Waals surface area contributed by atoms with E-state index in [2.05, 4.69) is 26.1 Å². The standard InChI is InChI=1S/C22H29NO3/c1-6-20(17-11-13-18(25-5)14-12-17)23-22(24)16(4)26-21-10-8-7-9-19(21)15(2)3/h7-16,20H,6H2,1-5H3,(H,23,24). The molecule has 0 aliphatic heterocycles. The molecule has 0 radical (unpaired) electrons. The minimum Gasteiger partial charge on any atom is -0.497 e. The van der Waals surface area contributed by atoms with Crippen LogP contribution in [0.25, 0.3) is 0 Å². The highest BCUT2D eigenvalue weighted by Crippen LogP contribution is 2.27. The molecule has 2 rings (SSSR count). The van der Waals surface area contributed by atoms with Crippen LogP contribution in [-0.4, -0.2) is 19.1 Å². The van der Waals surface area contributed by atoms with E-state index >= 15 is 0 Å². The summed E-state index contributed by atoms with van der Waals surface area (Å²) in [5, 5.41) is 3.08. The van der Waals surface area contributed by atoms with Crippen molar-refractivity contribution in [1.29, 1.82) is 0 Å². The van der Waals surface area contributed by atoms with Crippen molar-refractivity contribution in [1.82, 2.24) is 5.32 Å². The maximum atomic E-state index is 12.6. The van der Waals surface area contributed by atoms with E-state index in [4.69, 9.17) is 9.47 Å². The van der Waals surface area contributed by atoms with Gasteiger partial charge in [-0.15, -0.1) is 0 Å². The van der Waals surface area contributed by atoms with E-state index in [1.54, 1.807) is 14.0 Å². The highest BCUT2D eigenvalue weighted by Gasteiger charge is 2.20. The second-order valence-electron chi connectivity index (χ2n) is 6.70. The lowest BCUT2D eigenvalue weighted by Gasteiger charge is -2.22. The third kappa shape index (κ3) is 5.01. The summed E-state index contributed by atoms with van der Waals surface area (Å²) in [6.45, 7) is 8.06. The quantitative estimate of drug-likeness (QED) is 0.736. The first kappa shape index (κ1) is 19.8. The highest BCUT2D eigenvalue weighted by atomic mass is 16.5. The van der Waals surface area contributed by atoms with Crippen LogP contribution in [-0.2, 0) is 4.79 Å². The van der Waals surface area contributed by atoms with E-state index in [1.165, 1.54) is 0 Å². The molecule has 1 N–H and O–H groups in total. The number of ether oxygens (including phenoxy) is 2. The molecule has 2 unspecified atom stereocenters. The number of hydrogen-bond acceptors (Lipinski definition) is 3. The average Bonchev–Trinajstić information content (AvgIpc) is 2.66. The van der Waals surface area contributed by atoms with E-state index in [-0.39, 0.29) is 11.9 Å². The molecule has 26 heavy (non-hydrogen) atoms. The van der Waals surface area contributed by atoms with Gasteiger partial charge in [-0.2, -0.15) is 0 Å². The fourth-order valence-electron chi connectivity index (χ4n) is 2.86. The number of nitrogens with one attached hydrogen (secondary N) is 1. The second kappa shape index (κ2) is 9.27. The van der Waals surface area contributed by atoms with Gasteiger partial charge in [0.15, 0.2) is 6.10 Å². The van der Waals surface area contributed by atoms with Crippen molar-refractivity contribution < 1.29 is 14.3 Å². The topological polar surface area (TPSA) is 47.6 Å². The number of carbonyl (C=O) groups excluding carboxylic acids is 1. The fourth-order valence-corrected chi connectivity index (χ4v) is 2.86. The summed E-state index contributed by atoms with van der Waals surface area (Å²) in [6.07, 6.45) is 0.232. The molecule has 0 aliphatic rings. The van der Waals surface area contributed by atoms with E-state index < -0.39 is 6.10 Å². The zero-order valence-corrected chi connectivity index (χ0v) is 16.3. The lowest BCUT2D eigenvalue weighted by atomic mass is 10.0. The number of para-hydroxylation sites is 1. The molecule has 0 heterocycles. The van der Waals surface area contributed by atoms with Crippen molar-refractivity contribution in [3.63, 3.8) is 0 Å². The van der Waals surface area contributed by atoms with Crippen molar-refractivity contribution in [2.45, 2.75) is 52.2 Å². The van der Waals surface area contributed by atoms with Crippen LogP contribution in [0, 0.1) is 0 Å². The van der Waals surface area contributed by atoms with E-state index in [9.17, 15) is 4.79 Å². The minimum atomic E-state index is -0.567. The zero-order valence-electron chi connectivity index (χ0n) is 16.3. The summed E-state index contributed by atoms with van der Waals surface area (Å²) >= 11 is 0. The van der Waals surface area contributed by atoms with Crippen LogP contribution >= 0.6 is 0 Å². The first-order valence-corrected chi connectivity index (χ1v) is 9.16. The summed E-state index contributed by atoms with van der Waals surface area (Å²) < 4.78 is 11.1.